The second-order valence-electron chi connectivity index (χ2n) is 5.99. The molecule has 0 aliphatic rings. The molecule has 134 valence electrons. The highest BCUT2D eigenvalue weighted by Crippen LogP contribution is 2.28. The molecule has 0 fully saturated rings. The Bertz CT molecular complexity index is 418. The second-order valence-corrected chi connectivity index (χ2v) is 5.99. The van der Waals surface area contributed by atoms with Crippen LogP contribution in [0.4, 0.5) is 0 Å². The molecule has 1 rings (SSSR count). The molecule has 23 heavy (non-hydrogen) atoms. The minimum atomic E-state index is 0. The first-order valence-corrected chi connectivity index (χ1v) is 8.61. The van der Waals surface area contributed by atoms with Crippen molar-refractivity contribution in [1.29, 1.82) is 0 Å². The standard InChI is InChI=1S/C19H33NO2.ClH/c1-6-8-12-20(13-9-7-2)16(3)14-17-10-11-18(21-4)19(15-17)22-5;/h10-11,15-16H,6-9,12-14H2,1-5H3;1H. The zero-order valence-electron chi connectivity index (χ0n) is 15.4. The first-order chi connectivity index (χ1) is 10.7. The number of benzene rings is 1. The highest BCUT2D eigenvalue weighted by molar-refractivity contribution is 5.85. The number of unbranched alkanes of at least 4 members (excludes halogenated alkanes) is 2. The lowest BCUT2D eigenvalue weighted by atomic mass is 10.0. The van der Waals surface area contributed by atoms with Gasteiger partial charge in [-0.1, -0.05) is 32.8 Å². The van der Waals surface area contributed by atoms with E-state index in [1.807, 2.05) is 6.07 Å². The van der Waals surface area contributed by atoms with Gasteiger partial charge in [-0.05, 0) is 57.0 Å². The van der Waals surface area contributed by atoms with E-state index in [2.05, 4.69) is 37.8 Å². The van der Waals surface area contributed by atoms with E-state index >= 15 is 0 Å². The molecule has 0 saturated carbocycles. The summed E-state index contributed by atoms with van der Waals surface area (Å²) < 4.78 is 10.7. The summed E-state index contributed by atoms with van der Waals surface area (Å²) in [6.07, 6.45) is 6.12. The van der Waals surface area contributed by atoms with Crippen LogP contribution >= 0.6 is 12.4 Å². The van der Waals surface area contributed by atoms with E-state index in [1.165, 1.54) is 44.3 Å². The van der Waals surface area contributed by atoms with Gasteiger partial charge in [0.25, 0.3) is 0 Å². The van der Waals surface area contributed by atoms with Crippen molar-refractivity contribution in [3.05, 3.63) is 23.8 Å². The van der Waals surface area contributed by atoms with Gasteiger partial charge < -0.3 is 14.4 Å². The SMILES string of the molecule is CCCCN(CCCC)C(C)Cc1ccc(OC)c(OC)c1.Cl. The summed E-state index contributed by atoms with van der Waals surface area (Å²) in [5.74, 6) is 1.62. The van der Waals surface area contributed by atoms with Crippen molar-refractivity contribution in [3.63, 3.8) is 0 Å². The number of hydrogen-bond donors (Lipinski definition) is 0. The fraction of sp³-hybridized carbons (Fsp3) is 0.684. The average Bonchev–Trinajstić information content (AvgIpc) is 2.54. The Balaban J connectivity index is 0.00000484. The molecule has 4 heteroatoms. The third-order valence-corrected chi connectivity index (χ3v) is 4.20. The van der Waals surface area contributed by atoms with Crippen molar-refractivity contribution in [2.45, 2.75) is 58.9 Å². The Labute approximate surface area is 148 Å². The first-order valence-electron chi connectivity index (χ1n) is 8.61. The van der Waals surface area contributed by atoms with E-state index in [0.717, 1.165) is 17.9 Å². The Morgan fingerprint density at radius 2 is 1.52 bits per heavy atom. The van der Waals surface area contributed by atoms with Gasteiger partial charge in [0.2, 0.25) is 0 Å². The van der Waals surface area contributed by atoms with E-state index in [0.29, 0.717) is 6.04 Å². The Kier molecular flexibility index (Phi) is 12.0. The summed E-state index contributed by atoms with van der Waals surface area (Å²) >= 11 is 0. The van der Waals surface area contributed by atoms with Gasteiger partial charge in [-0.2, -0.15) is 0 Å². The van der Waals surface area contributed by atoms with Gasteiger partial charge in [-0.3, -0.25) is 0 Å². The van der Waals surface area contributed by atoms with Crippen LogP contribution in [0.15, 0.2) is 18.2 Å². The summed E-state index contributed by atoms with van der Waals surface area (Å²) in [4.78, 5) is 2.63. The van der Waals surface area contributed by atoms with Gasteiger partial charge >= 0.3 is 0 Å². The van der Waals surface area contributed by atoms with Crippen LogP contribution < -0.4 is 9.47 Å². The molecule has 1 atom stereocenters. The lowest BCUT2D eigenvalue weighted by Gasteiger charge is -2.29. The first kappa shape index (κ1) is 22.1. The molecule has 0 N–H and O–H groups in total. The molecule has 0 amide bonds. The number of halogens is 1. The van der Waals surface area contributed by atoms with Crippen LogP contribution in [-0.2, 0) is 6.42 Å². The molecule has 3 nitrogen and oxygen atoms in total. The maximum absolute atomic E-state index is 5.41. The molecule has 0 spiro atoms. The van der Waals surface area contributed by atoms with E-state index in [9.17, 15) is 0 Å². The van der Waals surface area contributed by atoms with Crippen LogP contribution in [0.1, 0.15) is 52.0 Å². The Morgan fingerprint density at radius 3 is 2.00 bits per heavy atom. The zero-order valence-corrected chi connectivity index (χ0v) is 16.2. The maximum Gasteiger partial charge on any atom is 0.160 e. The molecule has 0 aliphatic heterocycles. The van der Waals surface area contributed by atoms with Crippen molar-refractivity contribution in [2.24, 2.45) is 0 Å². The van der Waals surface area contributed by atoms with Crippen LogP contribution in [0.25, 0.3) is 0 Å². The normalized spacial score (nSPS) is 11.9. The molecule has 1 aromatic carbocycles. The molecule has 1 aromatic rings. The molecular formula is C19H34ClNO2. The van der Waals surface area contributed by atoms with Crippen molar-refractivity contribution in [1.82, 2.24) is 4.90 Å². The van der Waals surface area contributed by atoms with Crippen molar-refractivity contribution >= 4 is 12.4 Å². The minimum absolute atomic E-state index is 0. The summed E-state index contributed by atoms with van der Waals surface area (Å²) in [6.45, 7) is 9.26. The zero-order chi connectivity index (χ0) is 16.4. The van der Waals surface area contributed by atoms with Crippen LogP contribution in [-0.4, -0.2) is 38.3 Å². The minimum Gasteiger partial charge on any atom is -0.493 e. The maximum atomic E-state index is 5.41. The van der Waals surface area contributed by atoms with Gasteiger partial charge in [0.1, 0.15) is 0 Å². The van der Waals surface area contributed by atoms with Crippen molar-refractivity contribution in [3.8, 4) is 11.5 Å². The predicted octanol–water partition coefficient (Wildman–Crippen LogP) is 4.96. The molecule has 0 heterocycles. The number of rotatable bonds is 11. The number of nitrogens with zero attached hydrogens (tertiary/aromatic N) is 1. The van der Waals surface area contributed by atoms with E-state index in [4.69, 9.17) is 9.47 Å². The lowest BCUT2D eigenvalue weighted by Crippen LogP contribution is -2.36. The fourth-order valence-electron chi connectivity index (χ4n) is 2.75. The van der Waals surface area contributed by atoms with Gasteiger partial charge in [0, 0.05) is 6.04 Å². The summed E-state index contributed by atoms with van der Waals surface area (Å²) in [7, 11) is 3.37. The highest BCUT2D eigenvalue weighted by Gasteiger charge is 2.14. The lowest BCUT2D eigenvalue weighted by molar-refractivity contribution is 0.201. The molecular weight excluding hydrogens is 310 g/mol. The van der Waals surface area contributed by atoms with E-state index in [1.54, 1.807) is 14.2 Å². The van der Waals surface area contributed by atoms with Gasteiger partial charge in [0.05, 0.1) is 14.2 Å². The van der Waals surface area contributed by atoms with E-state index in [-0.39, 0.29) is 12.4 Å². The monoisotopic (exact) mass is 343 g/mol. The number of hydrogen-bond acceptors (Lipinski definition) is 3. The molecule has 0 saturated heterocycles. The third kappa shape index (κ3) is 7.45. The number of methoxy groups -OCH3 is 2. The van der Waals surface area contributed by atoms with Crippen LogP contribution in [0, 0.1) is 0 Å². The topological polar surface area (TPSA) is 21.7 Å². The average molecular weight is 344 g/mol. The van der Waals surface area contributed by atoms with Gasteiger partial charge in [0.15, 0.2) is 11.5 Å². The Hall–Kier alpha value is -0.930. The quantitative estimate of drug-likeness (QED) is 0.567. The summed E-state index contributed by atoms with van der Waals surface area (Å²) in [5, 5.41) is 0. The summed E-state index contributed by atoms with van der Waals surface area (Å²) in [5.41, 5.74) is 1.31. The largest absolute Gasteiger partial charge is 0.493 e. The number of ether oxygens (including phenoxy) is 2. The molecule has 0 aliphatic carbocycles. The van der Waals surface area contributed by atoms with Crippen molar-refractivity contribution in [2.75, 3.05) is 27.3 Å². The van der Waals surface area contributed by atoms with Crippen LogP contribution in [0.2, 0.25) is 0 Å². The summed E-state index contributed by atoms with van der Waals surface area (Å²) in [6, 6.07) is 6.81. The Morgan fingerprint density at radius 1 is 0.957 bits per heavy atom. The van der Waals surface area contributed by atoms with Gasteiger partial charge in [-0.25, -0.2) is 0 Å². The predicted molar refractivity (Wildman–Crippen MR) is 101 cm³/mol. The second kappa shape index (κ2) is 12.5. The third-order valence-electron chi connectivity index (χ3n) is 4.20. The van der Waals surface area contributed by atoms with Gasteiger partial charge in [-0.15, -0.1) is 12.4 Å². The highest BCUT2D eigenvalue weighted by atomic mass is 35.5. The molecule has 0 bridgehead atoms. The molecule has 0 aromatic heterocycles. The smallest absolute Gasteiger partial charge is 0.160 e. The van der Waals surface area contributed by atoms with E-state index < -0.39 is 0 Å². The fourth-order valence-corrected chi connectivity index (χ4v) is 2.75. The van der Waals surface area contributed by atoms with Crippen LogP contribution in [0.3, 0.4) is 0 Å². The molecule has 1 unspecified atom stereocenters. The van der Waals surface area contributed by atoms with Crippen molar-refractivity contribution < 1.29 is 9.47 Å². The molecule has 0 radical (unpaired) electrons. The van der Waals surface area contributed by atoms with Crippen LogP contribution in [0.5, 0.6) is 11.5 Å².